The van der Waals surface area contributed by atoms with Crippen molar-refractivity contribution < 1.29 is 8.78 Å². The van der Waals surface area contributed by atoms with Crippen LogP contribution in [0.25, 0.3) is 0 Å². The van der Waals surface area contributed by atoms with E-state index in [0.717, 1.165) is 30.3 Å². The highest BCUT2D eigenvalue weighted by molar-refractivity contribution is 9.10. The third kappa shape index (κ3) is 4.37. The van der Waals surface area contributed by atoms with Crippen LogP contribution in [0.1, 0.15) is 61.9 Å². The fraction of sp³-hybridized carbons (Fsp3) is 0.591. The lowest BCUT2D eigenvalue weighted by atomic mass is 9.84. The SMILES string of the molecule is CC(NCCc1[nH]c(=S)n2c1C[C@H](c1c(F)ccc(Br)c1F)C2)C1CCCCC1. The van der Waals surface area contributed by atoms with Gasteiger partial charge in [-0.05, 0) is 72.4 Å². The second-order valence-corrected chi connectivity index (χ2v) is 9.76. The average molecular weight is 484 g/mol. The lowest BCUT2D eigenvalue weighted by Gasteiger charge is -2.28. The van der Waals surface area contributed by atoms with E-state index in [4.69, 9.17) is 12.2 Å². The zero-order valence-electron chi connectivity index (χ0n) is 16.7. The van der Waals surface area contributed by atoms with Crippen molar-refractivity contribution in [3.8, 4) is 0 Å². The molecule has 158 valence electrons. The molecule has 0 bridgehead atoms. The molecule has 1 aromatic heterocycles. The van der Waals surface area contributed by atoms with Gasteiger partial charge in [-0.25, -0.2) is 8.78 Å². The quantitative estimate of drug-likeness (QED) is 0.388. The lowest BCUT2D eigenvalue weighted by Crippen LogP contribution is -2.36. The summed E-state index contributed by atoms with van der Waals surface area (Å²) in [5, 5.41) is 3.68. The molecule has 2 atom stereocenters. The van der Waals surface area contributed by atoms with Gasteiger partial charge in [0.15, 0.2) is 4.77 Å². The van der Waals surface area contributed by atoms with Gasteiger partial charge in [-0.3, -0.25) is 0 Å². The van der Waals surface area contributed by atoms with Gasteiger partial charge < -0.3 is 14.9 Å². The van der Waals surface area contributed by atoms with E-state index in [9.17, 15) is 8.78 Å². The van der Waals surface area contributed by atoms with Crippen LogP contribution in [0.5, 0.6) is 0 Å². The average Bonchev–Trinajstić information content (AvgIpc) is 3.27. The number of aromatic amines is 1. The predicted molar refractivity (Wildman–Crippen MR) is 118 cm³/mol. The molecule has 1 aliphatic carbocycles. The molecular weight excluding hydrogens is 456 g/mol. The maximum atomic E-state index is 14.6. The van der Waals surface area contributed by atoms with Crippen LogP contribution in [0.3, 0.4) is 0 Å². The minimum Gasteiger partial charge on any atom is -0.334 e. The molecule has 4 rings (SSSR count). The molecule has 2 heterocycles. The first kappa shape index (κ1) is 21.2. The highest BCUT2D eigenvalue weighted by Crippen LogP contribution is 2.36. The van der Waals surface area contributed by atoms with Crippen molar-refractivity contribution in [1.29, 1.82) is 0 Å². The van der Waals surface area contributed by atoms with E-state index in [1.54, 1.807) is 0 Å². The monoisotopic (exact) mass is 483 g/mol. The van der Waals surface area contributed by atoms with Crippen LogP contribution in [0.2, 0.25) is 0 Å². The topological polar surface area (TPSA) is 32.8 Å². The summed E-state index contributed by atoms with van der Waals surface area (Å²) in [5.74, 6) is -0.443. The zero-order chi connectivity index (χ0) is 20.5. The fourth-order valence-electron chi connectivity index (χ4n) is 5.04. The van der Waals surface area contributed by atoms with Crippen molar-refractivity contribution in [2.75, 3.05) is 6.54 Å². The standard InChI is InChI=1S/C22H28BrF2N3S/c1-13(14-5-3-2-4-6-14)26-10-9-18-19-11-15(12-28(19)22(29)27-18)20-17(24)8-7-16(23)21(20)25/h7-8,13-15,26H,2-6,9-12H2,1H3,(H,27,29)/t13?,15-/m0/s1. The normalized spacial score (nSPS) is 20.8. The van der Waals surface area contributed by atoms with Gasteiger partial charge in [0.2, 0.25) is 0 Å². The summed E-state index contributed by atoms with van der Waals surface area (Å²) in [6.45, 7) is 3.68. The molecule has 1 aromatic carbocycles. The molecule has 1 saturated carbocycles. The maximum Gasteiger partial charge on any atom is 0.177 e. The van der Waals surface area contributed by atoms with Crippen LogP contribution >= 0.6 is 28.1 Å². The summed E-state index contributed by atoms with van der Waals surface area (Å²) >= 11 is 8.67. The minimum absolute atomic E-state index is 0.160. The molecule has 7 heteroatoms. The number of imidazole rings is 1. The Morgan fingerprint density at radius 1 is 1.28 bits per heavy atom. The van der Waals surface area contributed by atoms with Crippen molar-refractivity contribution in [3.63, 3.8) is 0 Å². The number of rotatable bonds is 6. The molecule has 0 saturated heterocycles. The van der Waals surface area contributed by atoms with E-state index in [1.165, 1.54) is 44.2 Å². The van der Waals surface area contributed by atoms with Crippen molar-refractivity contribution >= 4 is 28.1 Å². The third-order valence-electron chi connectivity index (χ3n) is 6.71. The summed E-state index contributed by atoms with van der Waals surface area (Å²) < 4.78 is 31.9. The van der Waals surface area contributed by atoms with E-state index in [-0.39, 0.29) is 11.5 Å². The molecule has 3 nitrogen and oxygen atoms in total. The number of aromatic nitrogens is 2. The van der Waals surface area contributed by atoms with Crippen molar-refractivity contribution in [1.82, 2.24) is 14.9 Å². The first-order valence-corrected chi connectivity index (χ1v) is 11.8. The van der Waals surface area contributed by atoms with Crippen LogP contribution in [-0.4, -0.2) is 22.1 Å². The van der Waals surface area contributed by atoms with E-state index in [0.29, 0.717) is 28.3 Å². The number of halogens is 3. The number of H-pyrrole nitrogens is 1. The van der Waals surface area contributed by atoms with Gasteiger partial charge in [0.25, 0.3) is 0 Å². The van der Waals surface area contributed by atoms with Gasteiger partial charge in [-0.15, -0.1) is 0 Å². The van der Waals surface area contributed by atoms with E-state index < -0.39 is 11.6 Å². The number of hydrogen-bond acceptors (Lipinski definition) is 2. The first-order valence-electron chi connectivity index (χ1n) is 10.6. The number of nitrogens with one attached hydrogen (secondary N) is 2. The van der Waals surface area contributed by atoms with E-state index >= 15 is 0 Å². The van der Waals surface area contributed by atoms with Crippen LogP contribution in [-0.2, 0) is 19.4 Å². The Hall–Kier alpha value is -1.05. The Kier molecular flexibility index (Phi) is 6.56. The molecule has 1 fully saturated rings. The molecule has 1 unspecified atom stereocenters. The van der Waals surface area contributed by atoms with Gasteiger partial charge >= 0.3 is 0 Å². The van der Waals surface area contributed by atoms with Gasteiger partial charge in [0, 0.05) is 48.4 Å². The van der Waals surface area contributed by atoms with E-state index in [1.807, 2.05) is 4.57 Å². The summed E-state index contributed by atoms with van der Waals surface area (Å²) in [4.78, 5) is 3.32. The summed E-state index contributed by atoms with van der Waals surface area (Å²) in [6.07, 6.45) is 8.16. The van der Waals surface area contributed by atoms with Gasteiger partial charge in [-0.1, -0.05) is 19.3 Å². The number of benzene rings is 1. The van der Waals surface area contributed by atoms with E-state index in [2.05, 4.69) is 33.2 Å². The number of nitrogens with zero attached hydrogens (tertiary/aromatic N) is 1. The summed E-state index contributed by atoms with van der Waals surface area (Å²) in [5.41, 5.74) is 2.34. The van der Waals surface area contributed by atoms with Gasteiger partial charge in [-0.2, -0.15) is 0 Å². The highest BCUT2D eigenvalue weighted by atomic mass is 79.9. The van der Waals surface area contributed by atoms with Crippen LogP contribution in [0, 0.1) is 22.3 Å². The Bertz CT molecular complexity index is 933. The Balaban J connectivity index is 1.43. The first-order chi connectivity index (χ1) is 14.0. The van der Waals surface area contributed by atoms with Crippen LogP contribution in [0.4, 0.5) is 8.78 Å². The molecule has 0 radical (unpaired) electrons. The minimum atomic E-state index is -0.500. The van der Waals surface area contributed by atoms with Crippen molar-refractivity contribution in [2.45, 2.75) is 70.4 Å². The molecule has 1 aliphatic heterocycles. The summed E-state index contributed by atoms with van der Waals surface area (Å²) in [7, 11) is 0. The Morgan fingerprint density at radius 3 is 2.79 bits per heavy atom. The zero-order valence-corrected chi connectivity index (χ0v) is 19.1. The Morgan fingerprint density at radius 2 is 2.03 bits per heavy atom. The Labute approximate surface area is 184 Å². The van der Waals surface area contributed by atoms with Gasteiger partial charge in [0.05, 0.1) is 4.47 Å². The second-order valence-electron chi connectivity index (χ2n) is 8.51. The molecule has 2 N–H and O–H groups in total. The molecule has 29 heavy (non-hydrogen) atoms. The second kappa shape index (κ2) is 8.98. The molecule has 0 amide bonds. The maximum absolute atomic E-state index is 14.6. The smallest absolute Gasteiger partial charge is 0.177 e. The number of fused-ring (bicyclic) bond motifs is 1. The van der Waals surface area contributed by atoms with Crippen molar-refractivity contribution in [2.24, 2.45) is 5.92 Å². The fourth-order valence-corrected chi connectivity index (χ4v) is 5.70. The van der Waals surface area contributed by atoms with Gasteiger partial charge in [0.1, 0.15) is 11.6 Å². The largest absolute Gasteiger partial charge is 0.334 e. The number of hydrogen-bond donors (Lipinski definition) is 2. The molecule has 2 aromatic rings. The van der Waals surface area contributed by atoms with Crippen LogP contribution in [0.15, 0.2) is 16.6 Å². The molecule has 2 aliphatic rings. The molecular formula is C22H28BrF2N3S. The summed E-state index contributed by atoms with van der Waals surface area (Å²) in [6, 6.07) is 3.26. The predicted octanol–water partition coefficient (Wildman–Crippen LogP) is 6.03. The van der Waals surface area contributed by atoms with Crippen molar-refractivity contribution in [3.05, 3.63) is 50.0 Å². The highest BCUT2D eigenvalue weighted by Gasteiger charge is 2.31. The lowest BCUT2D eigenvalue weighted by molar-refractivity contribution is 0.282. The third-order valence-corrected chi connectivity index (χ3v) is 7.64. The molecule has 0 spiro atoms. The van der Waals surface area contributed by atoms with Crippen LogP contribution < -0.4 is 5.32 Å².